The maximum atomic E-state index is 10.9. The van der Waals surface area contributed by atoms with Gasteiger partial charge in [0.25, 0.3) is 0 Å². The van der Waals surface area contributed by atoms with Crippen molar-refractivity contribution in [2.45, 2.75) is 51.0 Å². The molecular weight excluding hydrogens is 351 g/mol. The van der Waals surface area contributed by atoms with E-state index in [0.29, 0.717) is 11.8 Å². The number of benzene rings is 1. The van der Waals surface area contributed by atoms with Crippen LogP contribution in [-0.2, 0) is 16.8 Å². The molecule has 131 valence electrons. The molecule has 7 heteroatoms. The zero-order valence-corrected chi connectivity index (χ0v) is 17.4. The number of hydrogen-bond acceptors (Lipinski definition) is 4. The molecule has 25 heavy (non-hydrogen) atoms. The van der Waals surface area contributed by atoms with Crippen LogP contribution >= 0.6 is 0 Å². The van der Waals surface area contributed by atoms with Crippen LogP contribution in [0, 0.1) is 11.3 Å². The predicted molar refractivity (Wildman–Crippen MR) is 95.0 cm³/mol. The first-order valence-corrected chi connectivity index (χ1v) is 9.82. The molecule has 0 heterocycles. The van der Waals surface area contributed by atoms with Gasteiger partial charge in [-0.05, 0) is 61.3 Å². The van der Waals surface area contributed by atoms with E-state index in [1.165, 1.54) is 11.1 Å². The van der Waals surface area contributed by atoms with Gasteiger partial charge in [-0.2, -0.15) is 8.42 Å². The van der Waals surface area contributed by atoms with Gasteiger partial charge in [0.2, 0.25) is 0 Å². The minimum absolute atomic E-state index is 0. The van der Waals surface area contributed by atoms with Crippen molar-refractivity contribution in [3.05, 3.63) is 41.0 Å². The van der Waals surface area contributed by atoms with Gasteiger partial charge in [0.05, 0.1) is 6.10 Å². The molecule has 3 aliphatic carbocycles. The largest absolute Gasteiger partial charge is 0.446 e. The maximum absolute atomic E-state index is 10.9. The molecule has 2 saturated carbocycles. The Morgan fingerprint density at radius 1 is 1.24 bits per heavy atom. The Hall–Kier alpha value is -0.370. The second-order valence-corrected chi connectivity index (χ2v) is 8.54. The summed E-state index contributed by atoms with van der Waals surface area (Å²) in [6.07, 6.45) is 6.69. The molecule has 1 aromatic carbocycles. The summed E-state index contributed by atoms with van der Waals surface area (Å²) in [5.41, 5.74) is 3.70. The second-order valence-electron chi connectivity index (χ2n) is 7.52. The van der Waals surface area contributed by atoms with Crippen molar-refractivity contribution in [1.29, 1.82) is 0 Å². The summed E-state index contributed by atoms with van der Waals surface area (Å²) >= 11 is 0. The summed E-state index contributed by atoms with van der Waals surface area (Å²) in [6.45, 7) is 2.21. The first-order valence-electron chi connectivity index (χ1n) is 8.46. The molecule has 5 nitrogen and oxygen atoms in total. The van der Waals surface area contributed by atoms with Crippen LogP contribution in [0.4, 0.5) is 0 Å². The molecule has 0 unspecified atom stereocenters. The minimum Gasteiger partial charge on any atom is -0.393 e. The molecule has 3 aliphatic rings. The third kappa shape index (κ3) is 3.33. The Kier molecular flexibility index (Phi) is 5.17. The Balaban J connectivity index is 0.00000182. The van der Waals surface area contributed by atoms with Crippen LogP contribution in [-0.4, -0.2) is 53.7 Å². The van der Waals surface area contributed by atoms with Crippen molar-refractivity contribution in [1.82, 2.24) is 0 Å². The molecule has 0 saturated heterocycles. The molecule has 0 spiro atoms. The van der Waals surface area contributed by atoms with Gasteiger partial charge in [0.1, 0.15) is 5.75 Å². The Bertz CT molecular complexity index is 819. The number of allylic oxidation sites excluding steroid dienone is 2. The Morgan fingerprint density at radius 2 is 2.00 bits per heavy atom. The number of fused-ring (bicyclic) bond motifs is 5. The van der Waals surface area contributed by atoms with Crippen molar-refractivity contribution < 1.29 is 22.3 Å². The fourth-order valence-corrected chi connectivity index (χ4v) is 5.44. The minimum atomic E-state index is -4.50. The van der Waals surface area contributed by atoms with Gasteiger partial charge in [-0.3, -0.25) is 4.55 Å². The number of rotatable bonds is 2. The number of aliphatic hydroxyl groups is 1. The van der Waals surface area contributed by atoms with Gasteiger partial charge in [0.15, 0.2) is 0 Å². The summed E-state index contributed by atoms with van der Waals surface area (Å²) in [4.78, 5) is 0. The van der Waals surface area contributed by atoms with Crippen LogP contribution in [0.1, 0.15) is 49.7 Å². The van der Waals surface area contributed by atoms with Gasteiger partial charge in [-0.15, -0.1) is 0 Å². The van der Waals surface area contributed by atoms with Crippen molar-refractivity contribution in [2.24, 2.45) is 11.3 Å². The molecule has 0 bridgehead atoms. The fourth-order valence-electron chi connectivity index (χ4n) is 5.09. The average Bonchev–Trinajstić information content (AvgIpc) is 2.81. The molecule has 0 aliphatic heterocycles. The predicted octanol–water partition coefficient (Wildman–Crippen LogP) is 2.62. The Morgan fingerprint density at radius 3 is 2.72 bits per heavy atom. The quantitative estimate of drug-likeness (QED) is 0.473. The topological polar surface area (TPSA) is 83.8 Å². The summed E-state index contributed by atoms with van der Waals surface area (Å²) in [5.74, 6) is 0.926. The summed E-state index contributed by atoms with van der Waals surface area (Å²) in [5, 5.41) is 10.4. The number of hydrogen-bond donors (Lipinski definition) is 2. The smallest absolute Gasteiger partial charge is 0.393 e. The van der Waals surface area contributed by atoms with Gasteiger partial charge in [-0.25, -0.2) is 0 Å². The van der Waals surface area contributed by atoms with Crippen LogP contribution < -0.4 is 4.18 Å². The van der Waals surface area contributed by atoms with E-state index in [0.717, 1.165) is 37.7 Å². The van der Waals surface area contributed by atoms with Crippen LogP contribution in [0.15, 0.2) is 29.8 Å². The molecule has 4 atom stereocenters. The maximum Gasteiger partial charge on any atom is 0.446 e. The molecule has 2 N–H and O–H groups in total. The third-order valence-corrected chi connectivity index (χ3v) is 6.71. The summed E-state index contributed by atoms with van der Waals surface area (Å²) < 4.78 is 35.2. The Labute approximate surface area is 170 Å². The standard InChI is InChI=1S/C18H22O5S.Na/c1-18-9-8-14-13-5-3-12(23-24(20,21)22)10-11(13)2-4-15(14)16(18)6-7-17(18)19;/h3-5,10,14,16-17,19H,2,6-9H2,1H3,(H,20,21,22);/t14-,16+,17+,18+;/m1./s1. The summed E-state index contributed by atoms with van der Waals surface area (Å²) in [7, 11) is -4.50. The third-order valence-electron chi connectivity index (χ3n) is 6.31. The molecule has 0 aromatic heterocycles. The summed E-state index contributed by atoms with van der Waals surface area (Å²) in [6, 6.07) is 5.22. The first kappa shape index (κ1) is 19.4. The molecule has 0 amide bonds. The zero-order valence-electron chi connectivity index (χ0n) is 14.6. The van der Waals surface area contributed by atoms with Gasteiger partial charge in [0, 0.05) is 40.9 Å². The molecule has 1 radical (unpaired) electrons. The van der Waals surface area contributed by atoms with Crippen LogP contribution in [0.25, 0.3) is 0 Å². The number of aliphatic hydroxyl groups excluding tert-OH is 1. The van der Waals surface area contributed by atoms with E-state index >= 15 is 0 Å². The van der Waals surface area contributed by atoms with Crippen molar-refractivity contribution in [3.63, 3.8) is 0 Å². The van der Waals surface area contributed by atoms with E-state index in [9.17, 15) is 13.5 Å². The normalized spacial score (nSPS) is 33.4. The van der Waals surface area contributed by atoms with Crippen LogP contribution in [0.2, 0.25) is 0 Å². The molecule has 1 aromatic rings. The zero-order chi connectivity index (χ0) is 17.1. The van der Waals surface area contributed by atoms with Crippen molar-refractivity contribution in [3.8, 4) is 5.75 Å². The SMILES string of the molecule is C[C@]12CC[C@H]3C(=CCc4cc(OS(=O)(=O)O)ccc43)[C@@H]1CC[C@@H]2O.[Na]. The van der Waals surface area contributed by atoms with Gasteiger partial charge >= 0.3 is 10.4 Å². The van der Waals surface area contributed by atoms with Crippen molar-refractivity contribution >= 4 is 40.0 Å². The van der Waals surface area contributed by atoms with E-state index in [4.69, 9.17) is 4.55 Å². The van der Waals surface area contributed by atoms with E-state index < -0.39 is 10.4 Å². The van der Waals surface area contributed by atoms with Crippen LogP contribution in [0.3, 0.4) is 0 Å². The van der Waals surface area contributed by atoms with E-state index in [-0.39, 0.29) is 46.8 Å². The molecule has 4 rings (SSSR count). The average molecular weight is 373 g/mol. The fraction of sp³-hybridized carbons (Fsp3) is 0.556. The second kappa shape index (κ2) is 6.66. The van der Waals surface area contributed by atoms with E-state index in [2.05, 4.69) is 17.2 Å². The van der Waals surface area contributed by atoms with Gasteiger partial charge < -0.3 is 9.29 Å². The monoisotopic (exact) mass is 373 g/mol. The first-order chi connectivity index (χ1) is 11.3. The molecule has 2 fully saturated rings. The van der Waals surface area contributed by atoms with Crippen molar-refractivity contribution in [2.75, 3.05) is 0 Å². The molecular formula is C18H22NaO5S. The van der Waals surface area contributed by atoms with E-state index in [1.807, 2.05) is 6.07 Å². The van der Waals surface area contributed by atoms with Crippen LogP contribution in [0.5, 0.6) is 5.75 Å². The van der Waals surface area contributed by atoms with Gasteiger partial charge in [-0.1, -0.05) is 24.6 Å². The van der Waals surface area contributed by atoms with E-state index in [1.54, 1.807) is 12.1 Å².